The Balaban J connectivity index is 0.00000144. The summed E-state index contributed by atoms with van der Waals surface area (Å²) in [5.41, 5.74) is 9.23. The van der Waals surface area contributed by atoms with Gasteiger partial charge in [0, 0.05) is 38.8 Å². The van der Waals surface area contributed by atoms with Crippen molar-refractivity contribution >= 4 is 11.3 Å². The first-order valence-corrected chi connectivity index (χ1v) is 5.79. The van der Waals surface area contributed by atoms with Crippen molar-refractivity contribution in [2.45, 2.75) is 25.3 Å². The minimum Gasteiger partial charge on any atom is -0.449 e. The molecule has 2 nitrogen and oxygen atoms in total. The Labute approximate surface area is 129 Å². The van der Waals surface area contributed by atoms with Crippen LogP contribution in [0.1, 0.15) is 24.8 Å². The van der Waals surface area contributed by atoms with Crippen LogP contribution in [0.25, 0.3) is 5.57 Å². The molecule has 1 aromatic rings. The van der Waals surface area contributed by atoms with Gasteiger partial charge in [-0.15, -0.1) is 17.2 Å². The Kier molecular flexibility index (Phi) is 5.84. The normalized spacial score (nSPS) is 19.7. The van der Waals surface area contributed by atoms with Crippen LogP contribution in [-0.2, 0) is 32.7 Å². The predicted molar refractivity (Wildman–Crippen MR) is 69.0 cm³/mol. The van der Waals surface area contributed by atoms with Crippen molar-refractivity contribution in [3.8, 4) is 0 Å². The van der Waals surface area contributed by atoms with E-state index in [1.54, 1.807) is 0 Å². The van der Waals surface area contributed by atoms with Crippen molar-refractivity contribution in [1.82, 2.24) is 4.90 Å². The zero-order valence-electron chi connectivity index (χ0n) is 10.6. The molecule has 1 aliphatic rings. The number of anilines is 1. The second-order valence-electron chi connectivity index (χ2n) is 4.68. The van der Waals surface area contributed by atoms with Gasteiger partial charge in [0.1, 0.15) is 0 Å². The van der Waals surface area contributed by atoms with E-state index >= 15 is 0 Å². The molecule has 0 bridgehead atoms. The van der Waals surface area contributed by atoms with E-state index in [0.717, 1.165) is 18.5 Å². The summed E-state index contributed by atoms with van der Waals surface area (Å²) in [6.07, 6.45) is 5.85. The summed E-state index contributed by atoms with van der Waals surface area (Å²) in [6, 6.07) is 9.65. The summed E-state index contributed by atoms with van der Waals surface area (Å²) in [4.78, 5) is 2.30. The number of nitrogen functional groups attached to an aromatic ring is 1. The zero-order valence-corrected chi connectivity index (χ0v) is 13.4. The number of allylic oxidation sites excluding steroid dienone is 1. The van der Waals surface area contributed by atoms with Gasteiger partial charge >= 0.3 is 0 Å². The van der Waals surface area contributed by atoms with Crippen LogP contribution in [0.3, 0.4) is 0 Å². The second-order valence-corrected chi connectivity index (χ2v) is 4.68. The second kappa shape index (κ2) is 6.68. The van der Waals surface area contributed by atoms with E-state index in [9.17, 15) is 0 Å². The molecule has 0 saturated carbocycles. The van der Waals surface area contributed by atoms with Crippen LogP contribution in [0, 0.1) is 6.07 Å². The first-order valence-electron chi connectivity index (χ1n) is 5.79. The molecule has 1 radical (unpaired) electrons. The van der Waals surface area contributed by atoms with Crippen molar-refractivity contribution in [2.24, 2.45) is 0 Å². The molecule has 2 rings (SSSR count). The number of nitrogens with zero attached hydrogens (tertiary/aromatic N) is 1. The molecule has 0 saturated heterocycles. The van der Waals surface area contributed by atoms with E-state index in [2.05, 4.69) is 31.1 Å². The van der Waals surface area contributed by atoms with E-state index in [-0.39, 0.29) is 32.7 Å². The number of hydrogen-bond acceptors (Lipinski definition) is 2. The molecule has 1 unspecified atom stereocenters. The van der Waals surface area contributed by atoms with Gasteiger partial charge in [-0.2, -0.15) is 18.2 Å². The SMILES string of the molecule is CN(C)C1CC=C(c2c[c-]cc(N)c2)CC1.[Y]. The molecular weight excluding hydrogens is 285 g/mol. The molecule has 0 aromatic heterocycles. The number of nitrogens with two attached hydrogens (primary N) is 1. The molecule has 1 aliphatic carbocycles. The average Bonchev–Trinajstić information content (AvgIpc) is 2.29. The van der Waals surface area contributed by atoms with Gasteiger partial charge in [0.2, 0.25) is 0 Å². The third kappa shape index (κ3) is 3.91. The number of hydrogen-bond donors (Lipinski definition) is 1. The fourth-order valence-electron chi connectivity index (χ4n) is 2.23. The summed E-state index contributed by atoms with van der Waals surface area (Å²) in [5, 5.41) is 0. The summed E-state index contributed by atoms with van der Waals surface area (Å²) in [7, 11) is 4.30. The van der Waals surface area contributed by atoms with E-state index in [4.69, 9.17) is 5.73 Å². The van der Waals surface area contributed by atoms with E-state index in [1.165, 1.54) is 17.6 Å². The Morgan fingerprint density at radius 3 is 2.65 bits per heavy atom. The summed E-state index contributed by atoms with van der Waals surface area (Å²) in [5.74, 6) is 0. The molecule has 0 fully saturated rings. The molecule has 1 atom stereocenters. The maximum Gasteiger partial charge on any atom is 0.0126 e. The van der Waals surface area contributed by atoms with E-state index in [1.807, 2.05) is 18.2 Å². The van der Waals surface area contributed by atoms with Crippen LogP contribution >= 0.6 is 0 Å². The van der Waals surface area contributed by atoms with E-state index < -0.39 is 0 Å². The van der Waals surface area contributed by atoms with E-state index in [0.29, 0.717) is 6.04 Å². The Hall–Kier alpha value is -0.176. The summed E-state index contributed by atoms with van der Waals surface area (Å²) < 4.78 is 0. The average molecular weight is 304 g/mol. The molecule has 17 heavy (non-hydrogen) atoms. The maximum atomic E-state index is 5.77. The molecule has 1 aromatic carbocycles. The smallest absolute Gasteiger partial charge is 0.0126 e. The fraction of sp³-hybridized carbons (Fsp3) is 0.429. The summed E-state index contributed by atoms with van der Waals surface area (Å²) >= 11 is 0. The predicted octanol–water partition coefficient (Wildman–Crippen LogP) is 2.56. The van der Waals surface area contributed by atoms with Gasteiger partial charge < -0.3 is 10.6 Å². The van der Waals surface area contributed by atoms with Gasteiger partial charge in [0.25, 0.3) is 0 Å². The van der Waals surface area contributed by atoms with Crippen molar-refractivity contribution in [3.05, 3.63) is 35.9 Å². The van der Waals surface area contributed by atoms with Crippen LogP contribution in [0.5, 0.6) is 0 Å². The zero-order chi connectivity index (χ0) is 11.5. The van der Waals surface area contributed by atoms with Gasteiger partial charge in [-0.25, -0.2) is 0 Å². The van der Waals surface area contributed by atoms with Gasteiger partial charge in [-0.3, -0.25) is 0 Å². The standard InChI is InChI=1S/C14H19N2.Y/c1-16(2)14-8-6-11(7-9-14)12-4-3-5-13(15)10-12;/h4-6,10,14H,7-9,15H2,1-2H3;/q-1;. The molecule has 0 aliphatic heterocycles. The summed E-state index contributed by atoms with van der Waals surface area (Å²) in [6.45, 7) is 0. The molecule has 0 heterocycles. The quantitative estimate of drug-likeness (QED) is 0.672. The largest absolute Gasteiger partial charge is 0.449 e. The first kappa shape index (κ1) is 14.9. The topological polar surface area (TPSA) is 29.3 Å². The molecule has 89 valence electrons. The van der Waals surface area contributed by atoms with Crippen molar-refractivity contribution in [3.63, 3.8) is 0 Å². The van der Waals surface area contributed by atoms with Crippen LogP contribution < -0.4 is 5.73 Å². The number of benzene rings is 1. The Morgan fingerprint density at radius 1 is 1.35 bits per heavy atom. The van der Waals surface area contributed by atoms with Gasteiger partial charge in [-0.1, -0.05) is 11.8 Å². The minimum atomic E-state index is 0. The maximum absolute atomic E-state index is 5.77. The fourth-order valence-corrected chi connectivity index (χ4v) is 2.23. The number of rotatable bonds is 2. The monoisotopic (exact) mass is 304 g/mol. The van der Waals surface area contributed by atoms with Crippen molar-refractivity contribution < 1.29 is 32.7 Å². The molecular formula is C14H19N2Y-. The molecule has 3 heteroatoms. The van der Waals surface area contributed by atoms with Crippen LogP contribution in [-0.4, -0.2) is 25.0 Å². The van der Waals surface area contributed by atoms with Crippen molar-refractivity contribution in [1.29, 1.82) is 0 Å². The molecule has 0 amide bonds. The third-order valence-corrected chi connectivity index (χ3v) is 3.30. The van der Waals surface area contributed by atoms with Crippen LogP contribution in [0.15, 0.2) is 24.3 Å². The van der Waals surface area contributed by atoms with Gasteiger partial charge in [-0.05, 0) is 33.4 Å². The van der Waals surface area contributed by atoms with Gasteiger partial charge in [0.05, 0.1) is 0 Å². The third-order valence-electron chi connectivity index (χ3n) is 3.30. The van der Waals surface area contributed by atoms with Crippen LogP contribution in [0.2, 0.25) is 0 Å². The first-order chi connectivity index (χ1) is 7.66. The van der Waals surface area contributed by atoms with Crippen molar-refractivity contribution in [2.75, 3.05) is 19.8 Å². The van der Waals surface area contributed by atoms with Gasteiger partial charge in [0.15, 0.2) is 0 Å². The molecule has 2 N–H and O–H groups in total. The Morgan fingerprint density at radius 2 is 2.12 bits per heavy atom. The van der Waals surface area contributed by atoms with Crippen LogP contribution in [0.4, 0.5) is 5.69 Å². The minimum absolute atomic E-state index is 0. The molecule has 0 spiro atoms. The Bertz CT molecular complexity index is 399.